The molecule has 0 bridgehead atoms. The van der Waals surface area contributed by atoms with Crippen molar-refractivity contribution in [1.29, 1.82) is 0 Å². The van der Waals surface area contributed by atoms with Gasteiger partial charge in [-0.3, -0.25) is 4.79 Å². The summed E-state index contributed by atoms with van der Waals surface area (Å²) in [5.41, 5.74) is 1.03. The lowest BCUT2D eigenvalue weighted by Crippen LogP contribution is -2.28. The van der Waals surface area contributed by atoms with Gasteiger partial charge >= 0.3 is 6.18 Å². The molecule has 28 heavy (non-hydrogen) atoms. The molecule has 0 spiro atoms. The highest BCUT2D eigenvalue weighted by Gasteiger charge is 2.30. The van der Waals surface area contributed by atoms with E-state index < -0.39 is 24.3 Å². The van der Waals surface area contributed by atoms with Crippen molar-refractivity contribution in [3.63, 3.8) is 0 Å². The van der Waals surface area contributed by atoms with E-state index in [1.54, 1.807) is 0 Å². The van der Waals surface area contributed by atoms with Crippen LogP contribution in [0.5, 0.6) is 5.75 Å². The number of carbonyl (C=O) groups excluding carboxylic acids is 1. The first-order chi connectivity index (χ1) is 13.3. The summed E-state index contributed by atoms with van der Waals surface area (Å²) in [5.74, 6) is 0.00405. The number of nitrogens with one attached hydrogen (secondary N) is 1. The maximum Gasteiger partial charge on any atom is 0.416 e. The van der Waals surface area contributed by atoms with Crippen molar-refractivity contribution in [2.24, 2.45) is 0 Å². The fraction of sp³-hybridized carbons (Fsp3) is 0.211. The Bertz CT molecular complexity index is 953. The summed E-state index contributed by atoms with van der Waals surface area (Å²) in [5, 5.41) is 6.35. The third-order valence-corrected chi connectivity index (χ3v) is 3.75. The van der Waals surface area contributed by atoms with Gasteiger partial charge in [0.1, 0.15) is 5.75 Å². The third-order valence-electron chi connectivity index (χ3n) is 3.75. The van der Waals surface area contributed by atoms with Crippen LogP contribution in [0.15, 0.2) is 53.1 Å². The SMILES string of the molecule is Cc1ccc(-c2noc(CNC(=O)COc3cccc(C(F)(F)F)c3)n2)cc1. The van der Waals surface area contributed by atoms with Crippen molar-refractivity contribution >= 4 is 5.91 Å². The third kappa shape index (κ3) is 5.09. The Morgan fingerprint density at radius 1 is 1.18 bits per heavy atom. The van der Waals surface area contributed by atoms with Gasteiger partial charge in [0.05, 0.1) is 12.1 Å². The topological polar surface area (TPSA) is 77.2 Å². The Balaban J connectivity index is 1.50. The first kappa shape index (κ1) is 19.4. The lowest BCUT2D eigenvalue weighted by Gasteiger charge is -2.10. The Kier molecular flexibility index (Phi) is 5.62. The molecule has 2 aromatic carbocycles. The van der Waals surface area contributed by atoms with Crippen molar-refractivity contribution in [3.05, 3.63) is 65.5 Å². The van der Waals surface area contributed by atoms with E-state index in [9.17, 15) is 18.0 Å². The number of hydrogen-bond donors (Lipinski definition) is 1. The van der Waals surface area contributed by atoms with Crippen LogP contribution in [-0.2, 0) is 17.5 Å². The number of aromatic nitrogens is 2. The zero-order valence-electron chi connectivity index (χ0n) is 14.8. The average molecular weight is 391 g/mol. The van der Waals surface area contributed by atoms with Crippen LogP contribution < -0.4 is 10.1 Å². The summed E-state index contributed by atoms with van der Waals surface area (Å²) in [6, 6.07) is 11.8. The summed E-state index contributed by atoms with van der Waals surface area (Å²) in [6.45, 7) is 1.49. The number of rotatable bonds is 6. The van der Waals surface area contributed by atoms with E-state index in [4.69, 9.17) is 9.26 Å². The van der Waals surface area contributed by atoms with Crippen molar-refractivity contribution in [2.45, 2.75) is 19.6 Å². The van der Waals surface area contributed by atoms with Crippen molar-refractivity contribution in [1.82, 2.24) is 15.5 Å². The van der Waals surface area contributed by atoms with Gasteiger partial charge in [-0.15, -0.1) is 0 Å². The lowest BCUT2D eigenvalue weighted by molar-refractivity contribution is -0.137. The Morgan fingerprint density at radius 3 is 2.64 bits per heavy atom. The van der Waals surface area contributed by atoms with Gasteiger partial charge in [0.25, 0.3) is 5.91 Å². The first-order valence-corrected chi connectivity index (χ1v) is 8.27. The quantitative estimate of drug-likeness (QED) is 0.692. The largest absolute Gasteiger partial charge is 0.484 e. The van der Waals surface area contributed by atoms with Crippen LogP contribution >= 0.6 is 0 Å². The van der Waals surface area contributed by atoms with Gasteiger partial charge < -0.3 is 14.6 Å². The lowest BCUT2D eigenvalue weighted by atomic mass is 10.1. The van der Waals surface area contributed by atoms with Crippen LogP contribution in [0.3, 0.4) is 0 Å². The number of alkyl halides is 3. The molecule has 0 fully saturated rings. The summed E-state index contributed by atoms with van der Waals surface area (Å²) in [6.07, 6.45) is -4.48. The van der Waals surface area contributed by atoms with E-state index in [-0.39, 0.29) is 18.2 Å². The highest BCUT2D eigenvalue weighted by molar-refractivity contribution is 5.77. The monoisotopic (exact) mass is 391 g/mol. The number of amides is 1. The molecule has 0 aliphatic heterocycles. The predicted molar refractivity (Wildman–Crippen MR) is 93.3 cm³/mol. The van der Waals surface area contributed by atoms with Gasteiger partial charge in [-0.2, -0.15) is 18.2 Å². The number of carbonyl (C=O) groups is 1. The second-order valence-corrected chi connectivity index (χ2v) is 5.97. The minimum Gasteiger partial charge on any atom is -0.484 e. The first-order valence-electron chi connectivity index (χ1n) is 8.27. The Morgan fingerprint density at radius 2 is 1.93 bits per heavy atom. The number of ether oxygens (including phenoxy) is 1. The van der Waals surface area contributed by atoms with E-state index >= 15 is 0 Å². The molecule has 3 rings (SSSR count). The second kappa shape index (κ2) is 8.12. The molecule has 0 saturated carbocycles. The Hall–Kier alpha value is -3.36. The molecule has 146 valence electrons. The van der Waals surface area contributed by atoms with Crippen molar-refractivity contribution < 1.29 is 27.2 Å². The highest BCUT2D eigenvalue weighted by Crippen LogP contribution is 2.31. The van der Waals surface area contributed by atoms with Crippen molar-refractivity contribution in [2.75, 3.05) is 6.61 Å². The molecule has 6 nitrogen and oxygen atoms in total. The number of aryl methyl sites for hydroxylation is 1. The molecule has 1 aromatic heterocycles. The summed E-state index contributed by atoms with van der Waals surface area (Å²) < 4.78 is 48.2. The Labute approximate surface area is 158 Å². The maximum atomic E-state index is 12.7. The molecule has 0 aliphatic carbocycles. The van der Waals surface area contributed by atoms with E-state index in [2.05, 4.69) is 15.5 Å². The molecule has 1 N–H and O–H groups in total. The maximum absolute atomic E-state index is 12.7. The van der Waals surface area contributed by atoms with Crippen LogP contribution in [-0.4, -0.2) is 22.7 Å². The summed E-state index contributed by atoms with van der Waals surface area (Å²) in [4.78, 5) is 16.0. The van der Waals surface area contributed by atoms with Gasteiger partial charge in [0.2, 0.25) is 11.7 Å². The number of hydrogen-bond acceptors (Lipinski definition) is 5. The molecule has 0 saturated heterocycles. The molecule has 0 atom stereocenters. The van der Waals surface area contributed by atoms with Gasteiger partial charge in [-0.25, -0.2) is 0 Å². The number of benzene rings is 2. The fourth-order valence-electron chi connectivity index (χ4n) is 2.28. The zero-order valence-corrected chi connectivity index (χ0v) is 14.8. The van der Waals surface area contributed by atoms with Gasteiger partial charge in [0, 0.05) is 5.56 Å². The highest BCUT2D eigenvalue weighted by atomic mass is 19.4. The van der Waals surface area contributed by atoms with Crippen LogP contribution in [0, 0.1) is 6.92 Å². The molecule has 0 aliphatic rings. The molecule has 0 radical (unpaired) electrons. The van der Waals surface area contributed by atoms with E-state index in [1.807, 2.05) is 31.2 Å². The molecule has 0 unspecified atom stereocenters. The van der Waals surface area contributed by atoms with Gasteiger partial charge in [-0.1, -0.05) is 41.1 Å². The molecule has 1 heterocycles. The predicted octanol–water partition coefficient (Wildman–Crippen LogP) is 3.76. The smallest absolute Gasteiger partial charge is 0.416 e. The second-order valence-electron chi connectivity index (χ2n) is 5.97. The molecule has 1 amide bonds. The molecule has 9 heteroatoms. The van der Waals surface area contributed by atoms with Crippen molar-refractivity contribution in [3.8, 4) is 17.1 Å². The molecule has 3 aromatic rings. The normalized spacial score (nSPS) is 11.3. The fourth-order valence-corrected chi connectivity index (χ4v) is 2.28. The molecular weight excluding hydrogens is 375 g/mol. The van der Waals surface area contributed by atoms with E-state index in [0.717, 1.165) is 23.3 Å². The minimum absolute atomic E-state index is 0.0242. The minimum atomic E-state index is -4.48. The van der Waals surface area contributed by atoms with Crippen LogP contribution in [0.4, 0.5) is 13.2 Å². The van der Waals surface area contributed by atoms with E-state index in [1.165, 1.54) is 12.1 Å². The number of nitrogens with zero attached hydrogens (tertiary/aromatic N) is 2. The summed E-state index contributed by atoms with van der Waals surface area (Å²) >= 11 is 0. The summed E-state index contributed by atoms with van der Waals surface area (Å²) in [7, 11) is 0. The number of halogens is 3. The standard InChI is InChI=1S/C19H16F3N3O3/c1-12-5-7-13(8-6-12)18-24-17(28-25-18)10-23-16(26)11-27-15-4-2-3-14(9-15)19(20,21)22/h2-9H,10-11H2,1H3,(H,23,26). The van der Waals surface area contributed by atoms with E-state index in [0.29, 0.717) is 5.82 Å². The van der Waals surface area contributed by atoms with Crippen LogP contribution in [0.2, 0.25) is 0 Å². The molecular formula is C19H16F3N3O3. The van der Waals surface area contributed by atoms with Gasteiger partial charge in [0.15, 0.2) is 6.61 Å². The average Bonchev–Trinajstić information content (AvgIpc) is 3.14. The zero-order chi connectivity index (χ0) is 20.1. The van der Waals surface area contributed by atoms with Crippen LogP contribution in [0.25, 0.3) is 11.4 Å². The van der Waals surface area contributed by atoms with Crippen LogP contribution in [0.1, 0.15) is 17.0 Å². The van der Waals surface area contributed by atoms with Gasteiger partial charge in [-0.05, 0) is 25.1 Å².